The summed E-state index contributed by atoms with van der Waals surface area (Å²) < 4.78 is 10.7. The van der Waals surface area contributed by atoms with Gasteiger partial charge in [-0.3, -0.25) is 4.79 Å². The molecule has 1 unspecified atom stereocenters. The molecule has 0 N–H and O–H groups in total. The molecule has 1 fully saturated rings. The second-order valence-electron chi connectivity index (χ2n) is 6.97. The van der Waals surface area contributed by atoms with Crippen molar-refractivity contribution in [2.45, 2.75) is 32.7 Å². The van der Waals surface area contributed by atoms with E-state index in [1.54, 1.807) is 14.2 Å². The van der Waals surface area contributed by atoms with Gasteiger partial charge in [0.05, 0.1) is 19.8 Å². The highest BCUT2D eigenvalue weighted by molar-refractivity contribution is 5.96. The van der Waals surface area contributed by atoms with Crippen LogP contribution in [0.4, 0.5) is 0 Å². The Morgan fingerprint density at radius 1 is 1.15 bits per heavy atom. The van der Waals surface area contributed by atoms with Crippen LogP contribution in [0.25, 0.3) is 11.1 Å². The number of hydrogen-bond acceptors (Lipinski definition) is 3. The normalized spacial score (nSPS) is 16.8. The Labute approximate surface area is 155 Å². The van der Waals surface area contributed by atoms with Gasteiger partial charge in [0.25, 0.3) is 5.91 Å². The Hall–Kier alpha value is -2.33. The van der Waals surface area contributed by atoms with Crippen molar-refractivity contribution in [3.63, 3.8) is 0 Å². The first-order valence-corrected chi connectivity index (χ1v) is 9.10. The third kappa shape index (κ3) is 3.61. The first-order valence-electron chi connectivity index (χ1n) is 9.10. The highest BCUT2D eigenvalue weighted by Gasteiger charge is 2.29. The average molecular weight is 353 g/mol. The summed E-state index contributed by atoms with van der Waals surface area (Å²) in [5.74, 6) is 0.979. The second-order valence-corrected chi connectivity index (χ2v) is 6.97. The maximum absolute atomic E-state index is 13.0. The van der Waals surface area contributed by atoms with E-state index in [9.17, 15) is 4.79 Å². The summed E-state index contributed by atoms with van der Waals surface area (Å²) in [5.41, 5.74) is 5.15. The number of hydrogen-bond donors (Lipinski definition) is 0. The van der Waals surface area contributed by atoms with E-state index in [0.29, 0.717) is 6.61 Å². The zero-order valence-corrected chi connectivity index (χ0v) is 16.0. The summed E-state index contributed by atoms with van der Waals surface area (Å²) in [6, 6.07) is 12.3. The Morgan fingerprint density at radius 2 is 1.96 bits per heavy atom. The molecule has 0 bridgehead atoms. The topological polar surface area (TPSA) is 38.8 Å². The molecule has 0 aromatic heterocycles. The van der Waals surface area contributed by atoms with E-state index >= 15 is 0 Å². The fourth-order valence-corrected chi connectivity index (χ4v) is 3.77. The summed E-state index contributed by atoms with van der Waals surface area (Å²) >= 11 is 0. The SMILES string of the molecule is COCC1CCCN1C(=O)c1cccc(-c2cc(C)c(OC)cc2C)c1. The third-order valence-electron chi connectivity index (χ3n) is 5.16. The van der Waals surface area contributed by atoms with Gasteiger partial charge in [0.15, 0.2) is 0 Å². The molecule has 1 heterocycles. The van der Waals surface area contributed by atoms with Gasteiger partial charge in [-0.2, -0.15) is 0 Å². The number of likely N-dealkylation sites (tertiary alicyclic amines) is 1. The van der Waals surface area contributed by atoms with E-state index in [1.807, 2.05) is 36.1 Å². The summed E-state index contributed by atoms with van der Waals surface area (Å²) in [5, 5.41) is 0. The van der Waals surface area contributed by atoms with E-state index in [4.69, 9.17) is 9.47 Å². The molecule has 0 saturated carbocycles. The second kappa shape index (κ2) is 7.92. The van der Waals surface area contributed by atoms with Crippen LogP contribution in [0.15, 0.2) is 36.4 Å². The number of nitrogens with zero attached hydrogens (tertiary/aromatic N) is 1. The van der Waals surface area contributed by atoms with Gasteiger partial charge < -0.3 is 14.4 Å². The molecule has 0 spiro atoms. The lowest BCUT2D eigenvalue weighted by molar-refractivity contribution is 0.0630. The molecule has 138 valence electrons. The molecule has 0 radical (unpaired) electrons. The van der Waals surface area contributed by atoms with Crippen LogP contribution < -0.4 is 4.74 Å². The van der Waals surface area contributed by atoms with E-state index in [0.717, 1.165) is 53.0 Å². The minimum absolute atomic E-state index is 0.0919. The Kier molecular flexibility index (Phi) is 5.62. The summed E-state index contributed by atoms with van der Waals surface area (Å²) in [6.45, 7) is 5.51. The maximum Gasteiger partial charge on any atom is 0.254 e. The maximum atomic E-state index is 13.0. The molecule has 2 aromatic rings. The molecule has 1 atom stereocenters. The third-order valence-corrected chi connectivity index (χ3v) is 5.16. The number of amides is 1. The van der Waals surface area contributed by atoms with Crippen LogP contribution in [0.1, 0.15) is 34.3 Å². The van der Waals surface area contributed by atoms with Gasteiger partial charge in [-0.25, -0.2) is 0 Å². The Bertz CT molecular complexity index is 800. The highest BCUT2D eigenvalue weighted by atomic mass is 16.5. The van der Waals surface area contributed by atoms with Crippen molar-refractivity contribution in [2.75, 3.05) is 27.4 Å². The van der Waals surface area contributed by atoms with Gasteiger partial charge in [-0.15, -0.1) is 0 Å². The number of benzene rings is 2. The Morgan fingerprint density at radius 3 is 2.69 bits per heavy atom. The van der Waals surface area contributed by atoms with Crippen molar-refractivity contribution >= 4 is 5.91 Å². The first kappa shape index (κ1) is 18.5. The predicted octanol–water partition coefficient (Wildman–Crippen LogP) is 4.23. The number of rotatable bonds is 5. The van der Waals surface area contributed by atoms with Gasteiger partial charge >= 0.3 is 0 Å². The van der Waals surface area contributed by atoms with Crippen LogP contribution in [0.5, 0.6) is 5.75 Å². The van der Waals surface area contributed by atoms with Crippen LogP contribution in [0.3, 0.4) is 0 Å². The molecular weight excluding hydrogens is 326 g/mol. The van der Waals surface area contributed by atoms with Gasteiger partial charge in [-0.1, -0.05) is 12.1 Å². The molecule has 1 aliphatic heterocycles. The van der Waals surface area contributed by atoms with Crippen LogP contribution >= 0.6 is 0 Å². The van der Waals surface area contributed by atoms with Crippen LogP contribution in [-0.4, -0.2) is 44.2 Å². The van der Waals surface area contributed by atoms with Gasteiger partial charge in [-0.05, 0) is 73.2 Å². The minimum Gasteiger partial charge on any atom is -0.496 e. The lowest BCUT2D eigenvalue weighted by Gasteiger charge is -2.24. The van der Waals surface area contributed by atoms with Gasteiger partial charge in [0, 0.05) is 19.2 Å². The number of ether oxygens (including phenoxy) is 2. The molecule has 4 nitrogen and oxygen atoms in total. The fraction of sp³-hybridized carbons (Fsp3) is 0.409. The van der Waals surface area contributed by atoms with E-state index < -0.39 is 0 Å². The largest absolute Gasteiger partial charge is 0.496 e. The quantitative estimate of drug-likeness (QED) is 0.807. The molecule has 1 aliphatic rings. The molecule has 2 aromatic carbocycles. The minimum atomic E-state index is 0.0919. The van der Waals surface area contributed by atoms with Crippen molar-refractivity contribution in [3.05, 3.63) is 53.1 Å². The number of carbonyl (C=O) groups is 1. The first-order chi connectivity index (χ1) is 12.5. The standard InChI is InChI=1S/C22H27NO3/c1-15-12-21(26-4)16(2)11-20(15)17-7-5-8-18(13-17)22(24)23-10-6-9-19(23)14-25-3/h5,7-8,11-13,19H,6,9-10,14H2,1-4H3. The van der Waals surface area contributed by atoms with Crippen molar-refractivity contribution in [2.24, 2.45) is 0 Å². The van der Waals surface area contributed by atoms with Crippen LogP contribution in [-0.2, 0) is 4.74 Å². The summed E-state index contributed by atoms with van der Waals surface area (Å²) in [6.07, 6.45) is 2.05. The van der Waals surface area contributed by atoms with Crippen molar-refractivity contribution < 1.29 is 14.3 Å². The predicted molar refractivity (Wildman–Crippen MR) is 104 cm³/mol. The highest BCUT2D eigenvalue weighted by Crippen LogP contribution is 2.31. The Balaban J connectivity index is 1.91. The molecule has 3 rings (SSSR count). The fourth-order valence-electron chi connectivity index (χ4n) is 3.77. The van der Waals surface area contributed by atoms with Crippen molar-refractivity contribution in [1.29, 1.82) is 0 Å². The number of methoxy groups -OCH3 is 2. The molecule has 1 amide bonds. The van der Waals surface area contributed by atoms with Crippen LogP contribution in [0, 0.1) is 13.8 Å². The molecule has 26 heavy (non-hydrogen) atoms. The smallest absolute Gasteiger partial charge is 0.254 e. The number of carbonyl (C=O) groups excluding carboxylic acids is 1. The molecule has 1 saturated heterocycles. The summed E-state index contributed by atoms with van der Waals surface area (Å²) in [7, 11) is 3.38. The zero-order chi connectivity index (χ0) is 18.7. The zero-order valence-electron chi connectivity index (χ0n) is 16.0. The lowest BCUT2D eigenvalue weighted by Crippen LogP contribution is -2.38. The summed E-state index contributed by atoms with van der Waals surface area (Å²) in [4.78, 5) is 15.0. The van der Waals surface area contributed by atoms with Crippen molar-refractivity contribution in [3.8, 4) is 16.9 Å². The molecule has 4 heteroatoms. The van der Waals surface area contributed by atoms with Crippen molar-refractivity contribution in [1.82, 2.24) is 4.90 Å². The average Bonchev–Trinajstić information content (AvgIpc) is 3.11. The van der Waals surface area contributed by atoms with E-state index in [2.05, 4.69) is 19.1 Å². The van der Waals surface area contributed by atoms with E-state index in [-0.39, 0.29) is 11.9 Å². The van der Waals surface area contributed by atoms with Crippen LogP contribution in [0.2, 0.25) is 0 Å². The lowest BCUT2D eigenvalue weighted by atomic mass is 9.96. The molecule has 0 aliphatic carbocycles. The number of aryl methyl sites for hydroxylation is 2. The molecular formula is C22H27NO3. The van der Waals surface area contributed by atoms with Gasteiger partial charge in [0.1, 0.15) is 5.75 Å². The monoisotopic (exact) mass is 353 g/mol. The van der Waals surface area contributed by atoms with Gasteiger partial charge in [0.2, 0.25) is 0 Å². The van der Waals surface area contributed by atoms with E-state index in [1.165, 1.54) is 0 Å².